The van der Waals surface area contributed by atoms with Gasteiger partial charge in [-0.3, -0.25) is 0 Å². The molecule has 0 fully saturated rings. The summed E-state index contributed by atoms with van der Waals surface area (Å²) in [5, 5.41) is 3.08. The smallest absolute Gasteiger partial charge is 0.0363 e. The number of anilines is 1. The Bertz CT molecular complexity index is 464. The standard InChI is InChI=1S/C9H13N.C8H11N/c1-8-5-4-6-9(7-8)10(2)3;1-9-7-8-5-3-2-4-6-8/h4-7H,1-3H3;2-6,9H,7H2,1H3. The predicted molar refractivity (Wildman–Crippen MR) is 84.7 cm³/mol. The van der Waals surface area contributed by atoms with Gasteiger partial charge < -0.3 is 10.2 Å². The number of hydrogen-bond acceptors (Lipinski definition) is 2. The molecule has 2 aromatic rings. The maximum Gasteiger partial charge on any atom is 0.0363 e. The minimum atomic E-state index is 0.959. The molecule has 0 spiro atoms. The molecule has 102 valence electrons. The molecule has 0 heterocycles. The quantitative estimate of drug-likeness (QED) is 0.904. The Balaban J connectivity index is 0.000000191. The van der Waals surface area contributed by atoms with Crippen LogP contribution in [0, 0.1) is 6.92 Å². The van der Waals surface area contributed by atoms with Crippen LogP contribution in [-0.4, -0.2) is 21.1 Å². The highest BCUT2D eigenvalue weighted by Gasteiger charge is 1.91. The van der Waals surface area contributed by atoms with E-state index in [4.69, 9.17) is 0 Å². The molecule has 0 bridgehead atoms. The van der Waals surface area contributed by atoms with Gasteiger partial charge in [0.05, 0.1) is 0 Å². The number of nitrogens with zero attached hydrogens (tertiary/aromatic N) is 1. The molecule has 0 radical (unpaired) electrons. The number of benzene rings is 2. The molecule has 0 aliphatic rings. The number of aryl methyl sites for hydroxylation is 1. The van der Waals surface area contributed by atoms with Crippen LogP contribution in [0.5, 0.6) is 0 Å². The molecule has 2 rings (SSSR count). The Morgan fingerprint density at radius 2 is 1.63 bits per heavy atom. The molecule has 0 saturated carbocycles. The van der Waals surface area contributed by atoms with Gasteiger partial charge in [0.15, 0.2) is 0 Å². The van der Waals surface area contributed by atoms with E-state index in [1.807, 2.05) is 25.2 Å². The fourth-order valence-corrected chi connectivity index (χ4v) is 1.71. The minimum absolute atomic E-state index is 0.959. The molecule has 0 saturated heterocycles. The lowest BCUT2D eigenvalue weighted by Gasteiger charge is -2.11. The summed E-state index contributed by atoms with van der Waals surface area (Å²) in [5.41, 5.74) is 3.91. The Morgan fingerprint density at radius 1 is 0.947 bits per heavy atom. The van der Waals surface area contributed by atoms with Crippen molar-refractivity contribution in [2.24, 2.45) is 0 Å². The zero-order valence-electron chi connectivity index (χ0n) is 12.4. The monoisotopic (exact) mass is 256 g/mol. The van der Waals surface area contributed by atoms with E-state index < -0.39 is 0 Å². The molecule has 0 unspecified atom stereocenters. The minimum Gasteiger partial charge on any atom is -0.378 e. The second kappa shape index (κ2) is 8.33. The maximum absolute atomic E-state index is 3.08. The van der Waals surface area contributed by atoms with Crippen LogP contribution in [0.3, 0.4) is 0 Å². The predicted octanol–water partition coefficient (Wildman–Crippen LogP) is 3.47. The molecule has 0 aliphatic carbocycles. The van der Waals surface area contributed by atoms with E-state index >= 15 is 0 Å². The van der Waals surface area contributed by atoms with Crippen LogP contribution in [0.15, 0.2) is 54.6 Å². The fourth-order valence-electron chi connectivity index (χ4n) is 1.71. The van der Waals surface area contributed by atoms with Crippen LogP contribution in [0.2, 0.25) is 0 Å². The molecule has 2 heteroatoms. The summed E-state index contributed by atoms with van der Waals surface area (Å²) in [5.74, 6) is 0. The van der Waals surface area contributed by atoms with Crippen molar-refractivity contribution >= 4 is 5.69 Å². The SMILES string of the molecule is CNCc1ccccc1.Cc1cccc(N(C)C)c1. The van der Waals surface area contributed by atoms with Crippen molar-refractivity contribution in [1.29, 1.82) is 0 Å². The molecule has 0 atom stereocenters. The van der Waals surface area contributed by atoms with E-state index in [2.05, 4.69) is 67.6 Å². The van der Waals surface area contributed by atoms with Gasteiger partial charge in [-0.1, -0.05) is 42.5 Å². The van der Waals surface area contributed by atoms with Gasteiger partial charge in [-0.25, -0.2) is 0 Å². The van der Waals surface area contributed by atoms with Gasteiger partial charge in [-0.15, -0.1) is 0 Å². The van der Waals surface area contributed by atoms with E-state index in [1.54, 1.807) is 0 Å². The third-order valence-electron chi connectivity index (χ3n) is 2.74. The first-order chi connectivity index (χ1) is 9.13. The lowest BCUT2D eigenvalue weighted by molar-refractivity contribution is 0.818. The van der Waals surface area contributed by atoms with Crippen LogP contribution in [0.1, 0.15) is 11.1 Å². The number of hydrogen-bond donors (Lipinski definition) is 1. The topological polar surface area (TPSA) is 15.3 Å². The van der Waals surface area contributed by atoms with Gasteiger partial charge in [0, 0.05) is 26.3 Å². The molecule has 2 aromatic carbocycles. The van der Waals surface area contributed by atoms with Crippen molar-refractivity contribution in [3.05, 3.63) is 65.7 Å². The van der Waals surface area contributed by atoms with Crippen molar-refractivity contribution in [3.8, 4) is 0 Å². The van der Waals surface area contributed by atoms with Crippen molar-refractivity contribution in [2.75, 3.05) is 26.0 Å². The molecular formula is C17H24N2. The first-order valence-corrected chi connectivity index (χ1v) is 6.56. The van der Waals surface area contributed by atoms with Gasteiger partial charge in [0.1, 0.15) is 0 Å². The van der Waals surface area contributed by atoms with Crippen LogP contribution in [-0.2, 0) is 6.54 Å². The van der Waals surface area contributed by atoms with E-state index in [0.717, 1.165) is 6.54 Å². The summed E-state index contributed by atoms with van der Waals surface area (Å²) in [6, 6.07) is 18.8. The van der Waals surface area contributed by atoms with E-state index in [1.165, 1.54) is 16.8 Å². The highest BCUT2D eigenvalue weighted by molar-refractivity contribution is 5.46. The molecule has 0 aromatic heterocycles. The second-order valence-electron chi connectivity index (χ2n) is 4.75. The fraction of sp³-hybridized carbons (Fsp3) is 0.294. The molecular weight excluding hydrogens is 232 g/mol. The zero-order chi connectivity index (χ0) is 14.1. The van der Waals surface area contributed by atoms with Crippen LogP contribution in [0.25, 0.3) is 0 Å². The highest BCUT2D eigenvalue weighted by Crippen LogP contribution is 2.11. The Kier molecular flexibility index (Phi) is 6.69. The average Bonchev–Trinajstić information content (AvgIpc) is 2.41. The van der Waals surface area contributed by atoms with Gasteiger partial charge in [-0.2, -0.15) is 0 Å². The third-order valence-corrected chi connectivity index (χ3v) is 2.74. The lowest BCUT2D eigenvalue weighted by atomic mass is 10.2. The van der Waals surface area contributed by atoms with E-state index in [-0.39, 0.29) is 0 Å². The van der Waals surface area contributed by atoms with Crippen molar-refractivity contribution in [2.45, 2.75) is 13.5 Å². The Hall–Kier alpha value is -1.80. The summed E-state index contributed by atoms with van der Waals surface area (Å²) in [6.45, 7) is 3.06. The molecule has 2 nitrogen and oxygen atoms in total. The summed E-state index contributed by atoms with van der Waals surface area (Å²) in [4.78, 5) is 2.10. The van der Waals surface area contributed by atoms with Gasteiger partial charge in [0.25, 0.3) is 0 Å². The molecule has 1 N–H and O–H groups in total. The van der Waals surface area contributed by atoms with E-state index in [9.17, 15) is 0 Å². The first-order valence-electron chi connectivity index (χ1n) is 6.56. The Labute approximate surface area is 117 Å². The van der Waals surface area contributed by atoms with Crippen molar-refractivity contribution < 1.29 is 0 Å². The zero-order valence-corrected chi connectivity index (χ0v) is 12.4. The van der Waals surface area contributed by atoms with Crippen molar-refractivity contribution in [3.63, 3.8) is 0 Å². The van der Waals surface area contributed by atoms with E-state index in [0.29, 0.717) is 0 Å². The van der Waals surface area contributed by atoms with Crippen molar-refractivity contribution in [1.82, 2.24) is 5.32 Å². The second-order valence-corrected chi connectivity index (χ2v) is 4.75. The normalized spacial score (nSPS) is 9.47. The summed E-state index contributed by atoms with van der Waals surface area (Å²) < 4.78 is 0. The van der Waals surface area contributed by atoms with Gasteiger partial charge in [0.2, 0.25) is 0 Å². The van der Waals surface area contributed by atoms with Gasteiger partial charge in [-0.05, 0) is 37.2 Å². The number of nitrogens with one attached hydrogen (secondary N) is 1. The average molecular weight is 256 g/mol. The van der Waals surface area contributed by atoms with Crippen LogP contribution < -0.4 is 10.2 Å². The molecule has 0 amide bonds. The summed E-state index contributed by atoms with van der Waals surface area (Å²) in [6.07, 6.45) is 0. The molecule has 0 aliphatic heterocycles. The summed E-state index contributed by atoms with van der Waals surface area (Å²) in [7, 11) is 6.05. The molecule has 19 heavy (non-hydrogen) atoms. The first kappa shape index (κ1) is 15.3. The van der Waals surface area contributed by atoms with Crippen LogP contribution >= 0.6 is 0 Å². The third kappa shape index (κ3) is 6.07. The lowest BCUT2D eigenvalue weighted by Crippen LogP contribution is -2.08. The number of rotatable bonds is 3. The summed E-state index contributed by atoms with van der Waals surface area (Å²) >= 11 is 0. The van der Waals surface area contributed by atoms with Gasteiger partial charge >= 0.3 is 0 Å². The largest absolute Gasteiger partial charge is 0.378 e. The Morgan fingerprint density at radius 3 is 2.11 bits per heavy atom. The maximum atomic E-state index is 3.08. The highest BCUT2D eigenvalue weighted by atomic mass is 15.1. The van der Waals surface area contributed by atoms with Crippen LogP contribution in [0.4, 0.5) is 5.69 Å².